The minimum absolute atomic E-state index is 0.0261. The van der Waals surface area contributed by atoms with E-state index in [0.717, 1.165) is 30.5 Å². The van der Waals surface area contributed by atoms with Crippen LogP contribution >= 0.6 is 0 Å². The number of pyridine rings is 1. The molecule has 0 aliphatic heterocycles. The molecule has 1 aromatic heterocycles. The summed E-state index contributed by atoms with van der Waals surface area (Å²) in [5, 5.41) is 18.2. The van der Waals surface area contributed by atoms with Gasteiger partial charge in [-0.1, -0.05) is 0 Å². The molecule has 1 atom stereocenters. The van der Waals surface area contributed by atoms with Crippen molar-refractivity contribution in [2.45, 2.75) is 12.3 Å². The maximum atomic E-state index is 12.8. The Kier molecular flexibility index (Phi) is 4.14. The van der Waals surface area contributed by atoms with Crippen molar-refractivity contribution in [2.24, 2.45) is 0 Å². The maximum Gasteiger partial charge on any atom is 0.418 e. The fraction of sp³-hybridized carbons (Fsp3) is 0.143. The number of aliphatic hydroxyl groups is 1. The van der Waals surface area contributed by atoms with Crippen molar-refractivity contribution in [3.8, 4) is 11.3 Å². The molecule has 1 heterocycles. The van der Waals surface area contributed by atoms with Gasteiger partial charge < -0.3 is 10.2 Å². The third-order valence-corrected chi connectivity index (χ3v) is 2.85. The first-order valence-electron chi connectivity index (χ1n) is 5.93. The van der Waals surface area contributed by atoms with E-state index in [1.807, 2.05) is 0 Å². The fourth-order valence-electron chi connectivity index (χ4n) is 1.82. The molecule has 2 aromatic rings. The van der Waals surface area contributed by atoms with E-state index in [2.05, 4.69) is 4.98 Å². The minimum Gasteiger partial charge on any atom is -0.478 e. The van der Waals surface area contributed by atoms with Crippen molar-refractivity contribution in [1.82, 2.24) is 4.98 Å². The maximum absolute atomic E-state index is 12.8. The summed E-state index contributed by atoms with van der Waals surface area (Å²) in [6.07, 6.45) is -6.92. The Morgan fingerprint density at radius 2 is 1.86 bits per heavy atom. The number of halogens is 4. The third-order valence-electron chi connectivity index (χ3n) is 2.85. The van der Waals surface area contributed by atoms with Crippen molar-refractivity contribution in [3.63, 3.8) is 0 Å². The standard InChI is InChI=1S/C14H9F4NO3/c15-10-1-2-11(19-6-10)7-3-8(12(20)14(16,17)18)5-9(4-7)13(21)22/h1-6,12,20H,(H,21,22). The second-order valence-corrected chi connectivity index (χ2v) is 4.45. The molecule has 2 N–H and O–H groups in total. The van der Waals surface area contributed by atoms with E-state index in [9.17, 15) is 27.5 Å². The zero-order chi connectivity index (χ0) is 16.5. The summed E-state index contributed by atoms with van der Waals surface area (Å²) in [7, 11) is 0. The number of benzene rings is 1. The molecule has 0 saturated heterocycles. The van der Waals surface area contributed by atoms with Gasteiger partial charge in [0, 0.05) is 5.56 Å². The summed E-state index contributed by atoms with van der Waals surface area (Å²) < 4.78 is 50.6. The first-order chi connectivity index (χ1) is 10.2. The van der Waals surface area contributed by atoms with Gasteiger partial charge >= 0.3 is 12.1 Å². The molecule has 2 rings (SSSR count). The van der Waals surface area contributed by atoms with Gasteiger partial charge in [-0.25, -0.2) is 9.18 Å². The third kappa shape index (κ3) is 3.40. The molecule has 0 radical (unpaired) electrons. The molecule has 0 spiro atoms. The first-order valence-corrected chi connectivity index (χ1v) is 5.93. The molecule has 0 aliphatic rings. The zero-order valence-electron chi connectivity index (χ0n) is 10.8. The summed E-state index contributed by atoms with van der Waals surface area (Å²) in [5.41, 5.74) is -0.964. The quantitative estimate of drug-likeness (QED) is 0.854. The molecular weight excluding hydrogens is 306 g/mol. The molecule has 0 bridgehead atoms. The topological polar surface area (TPSA) is 70.4 Å². The van der Waals surface area contributed by atoms with Crippen molar-refractivity contribution in [2.75, 3.05) is 0 Å². The number of hydrogen-bond acceptors (Lipinski definition) is 3. The van der Waals surface area contributed by atoms with Crippen LogP contribution in [0.1, 0.15) is 22.0 Å². The number of aromatic nitrogens is 1. The Bertz CT molecular complexity index is 698. The minimum atomic E-state index is -4.94. The number of alkyl halides is 3. The van der Waals surface area contributed by atoms with Crippen LogP contribution in [-0.2, 0) is 0 Å². The van der Waals surface area contributed by atoms with Crippen molar-refractivity contribution in [1.29, 1.82) is 0 Å². The van der Waals surface area contributed by atoms with E-state index in [1.165, 1.54) is 6.07 Å². The van der Waals surface area contributed by atoms with Crippen molar-refractivity contribution < 1.29 is 32.6 Å². The fourth-order valence-corrected chi connectivity index (χ4v) is 1.82. The van der Waals surface area contributed by atoms with Gasteiger partial charge in [-0.3, -0.25) is 4.98 Å². The molecule has 1 unspecified atom stereocenters. The first kappa shape index (κ1) is 15.9. The van der Waals surface area contributed by atoms with Gasteiger partial charge in [-0.05, 0) is 35.9 Å². The van der Waals surface area contributed by atoms with Crippen LogP contribution in [0.25, 0.3) is 11.3 Å². The van der Waals surface area contributed by atoms with Crippen LogP contribution in [0.3, 0.4) is 0 Å². The monoisotopic (exact) mass is 315 g/mol. The number of aliphatic hydroxyl groups excluding tert-OH is 1. The molecule has 0 aliphatic carbocycles. The second-order valence-electron chi connectivity index (χ2n) is 4.45. The number of carbonyl (C=O) groups is 1. The van der Waals surface area contributed by atoms with Crippen LogP contribution < -0.4 is 0 Å². The Labute approximate surface area is 121 Å². The van der Waals surface area contributed by atoms with E-state index in [4.69, 9.17) is 5.11 Å². The average molecular weight is 315 g/mol. The Morgan fingerprint density at radius 1 is 1.18 bits per heavy atom. The van der Waals surface area contributed by atoms with Gasteiger partial charge in [0.05, 0.1) is 17.5 Å². The van der Waals surface area contributed by atoms with Gasteiger partial charge in [0.1, 0.15) is 5.82 Å². The van der Waals surface area contributed by atoms with E-state index < -0.39 is 35.2 Å². The normalized spacial score (nSPS) is 13.0. The lowest BCUT2D eigenvalue weighted by atomic mass is 9.99. The summed E-state index contributed by atoms with van der Waals surface area (Å²) in [6.45, 7) is 0. The van der Waals surface area contributed by atoms with Gasteiger partial charge in [0.15, 0.2) is 6.10 Å². The molecule has 4 nitrogen and oxygen atoms in total. The van der Waals surface area contributed by atoms with Gasteiger partial charge in [0.25, 0.3) is 0 Å². The van der Waals surface area contributed by atoms with E-state index in [1.54, 1.807) is 0 Å². The van der Waals surface area contributed by atoms with E-state index in [-0.39, 0.29) is 11.3 Å². The second kappa shape index (κ2) is 5.72. The SMILES string of the molecule is O=C(O)c1cc(-c2ccc(F)cn2)cc(C(O)C(F)(F)F)c1. The predicted molar refractivity (Wildman–Crippen MR) is 67.6 cm³/mol. The largest absolute Gasteiger partial charge is 0.478 e. The smallest absolute Gasteiger partial charge is 0.418 e. The Morgan fingerprint density at radius 3 is 2.36 bits per heavy atom. The molecule has 116 valence electrons. The van der Waals surface area contributed by atoms with Crippen LogP contribution in [-0.4, -0.2) is 27.3 Å². The molecule has 0 saturated carbocycles. The van der Waals surface area contributed by atoms with Gasteiger partial charge in [-0.2, -0.15) is 13.2 Å². The zero-order valence-corrected chi connectivity index (χ0v) is 10.8. The predicted octanol–water partition coefficient (Wildman–Crippen LogP) is 3.18. The average Bonchev–Trinajstić information content (AvgIpc) is 2.45. The summed E-state index contributed by atoms with van der Waals surface area (Å²) in [6, 6.07) is 5.02. The molecular formula is C14H9F4NO3. The Hall–Kier alpha value is -2.48. The van der Waals surface area contributed by atoms with Gasteiger partial charge in [0.2, 0.25) is 0 Å². The lowest BCUT2D eigenvalue weighted by Gasteiger charge is -2.16. The van der Waals surface area contributed by atoms with Gasteiger partial charge in [-0.15, -0.1) is 0 Å². The summed E-state index contributed by atoms with van der Waals surface area (Å²) in [4.78, 5) is 14.7. The molecule has 0 fully saturated rings. The highest BCUT2D eigenvalue weighted by atomic mass is 19.4. The van der Waals surface area contributed by atoms with Crippen molar-refractivity contribution in [3.05, 3.63) is 53.5 Å². The summed E-state index contributed by atoms with van der Waals surface area (Å²) in [5.74, 6) is -2.10. The highest BCUT2D eigenvalue weighted by Crippen LogP contribution is 2.34. The van der Waals surface area contributed by atoms with Crippen LogP contribution in [0.4, 0.5) is 17.6 Å². The van der Waals surface area contributed by atoms with Crippen LogP contribution in [0.5, 0.6) is 0 Å². The number of aromatic carboxylic acids is 1. The highest BCUT2D eigenvalue weighted by Gasteiger charge is 2.39. The number of nitrogens with zero attached hydrogens (tertiary/aromatic N) is 1. The van der Waals surface area contributed by atoms with Crippen LogP contribution in [0.2, 0.25) is 0 Å². The molecule has 22 heavy (non-hydrogen) atoms. The Balaban J connectivity index is 2.57. The lowest BCUT2D eigenvalue weighted by molar-refractivity contribution is -0.206. The number of carboxylic acid groups (broad SMARTS) is 1. The van der Waals surface area contributed by atoms with E-state index >= 15 is 0 Å². The molecule has 1 aromatic carbocycles. The molecule has 0 amide bonds. The van der Waals surface area contributed by atoms with Crippen LogP contribution in [0, 0.1) is 5.82 Å². The number of hydrogen-bond donors (Lipinski definition) is 2. The summed E-state index contributed by atoms with van der Waals surface area (Å²) >= 11 is 0. The van der Waals surface area contributed by atoms with Crippen LogP contribution in [0.15, 0.2) is 36.5 Å². The number of carboxylic acids is 1. The van der Waals surface area contributed by atoms with E-state index in [0.29, 0.717) is 0 Å². The van der Waals surface area contributed by atoms with Crippen molar-refractivity contribution >= 4 is 5.97 Å². The molecule has 8 heteroatoms. The number of rotatable bonds is 3. The lowest BCUT2D eigenvalue weighted by Crippen LogP contribution is -2.20. The highest BCUT2D eigenvalue weighted by molar-refractivity contribution is 5.89.